The molecule has 0 spiro atoms. The summed E-state index contributed by atoms with van der Waals surface area (Å²) in [5.74, 6) is -1.25. The third-order valence-electron chi connectivity index (χ3n) is 4.56. The zero-order valence-corrected chi connectivity index (χ0v) is 14.8. The molecule has 136 valence electrons. The van der Waals surface area contributed by atoms with Gasteiger partial charge in [-0.1, -0.05) is 17.7 Å². The van der Waals surface area contributed by atoms with Gasteiger partial charge in [0.15, 0.2) is 0 Å². The SMILES string of the molecule is Cc1ccc(C(=O)N2CCCC(C(=O)NC(C)CCC(=O)O)C2)cc1. The van der Waals surface area contributed by atoms with Crippen LogP contribution in [0.1, 0.15) is 48.5 Å². The molecule has 2 atom stereocenters. The Morgan fingerprint density at radius 3 is 2.60 bits per heavy atom. The number of nitrogens with zero attached hydrogens (tertiary/aromatic N) is 1. The number of nitrogens with one attached hydrogen (secondary N) is 1. The van der Waals surface area contributed by atoms with Crippen LogP contribution in [-0.4, -0.2) is 46.9 Å². The Balaban J connectivity index is 1.91. The Bertz CT molecular complexity index is 627. The van der Waals surface area contributed by atoms with E-state index in [9.17, 15) is 14.4 Å². The van der Waals surface area contributed by atoms with Crippen molar-refractivity contribution < 1.29 is 19.5 Å². The number of rotatable bonds is 6. The van der Waals surface area contributed by atoms with Gasteiger partial charge in [-0.25, -0.2) is 0 Å². The normalized spacial score (nSPS) is 18.5. The standard InChI is InChI=1S/C19H26N2O4/c1-13-5-8-15(9-6-13)19(25)21-11-3-4-16(12-21)18(24)20-14(2)7-10-17(22)23/h5-6,8-9,14,16H,3-4,7,10-12H2,1-2H3,(H,20,24)(H,22,23). The number of carboxylic acid groups (broad SMARTS) is 1. The number of amides is 2. The van der Waals surface area contributed by atoms with Gasteiger partial charge in [-0.05, 0) is 45.2 Å². The second kappa shape index (κ2) is 8.65. The molecule has 0 aromatic heterocycles. The molecule has 6 nitrogen and oxygen atoms in total. The predicted molar refractivity (Wildman–Crippen MR) is 94.3 cm³/mol. The number of aryl methyl sites for hydroxylation is 1. The average Bonchev–Trinajstić information content (AvgIpc) is 2.60. The van der Waals surface area contributed by atoms with E-state index < -0.39 is 5.97 Å². The van der Waals surface area contributed by atoms with Gasteiger partial charge in [-0.15, -0.1) is 0 Å². The zero-order chi connectivity index (χ0) is 18.4. The molecular weight excluding hydrogens is 320 g/mol. The van der Waals surface area contributed by atoms with Crippen molar-refractivity contribution in [2.75, 3.05) is 13.1 Å². The fourth-order valence-corrected chi connectivity index (χ4v) is 3.03. The first-order valence-corrected chi connectivity index (χ1v) is 8.75. The molecule has 1 aliphatic heterocycles. The highest BCUT2D eigenvalue weighted by atomic mass is 16.4. The van der Waals surface area contributed by atoms with E-state index in [2.05, 4.69) is 5.32 Å². The average molecular weight is 346 g/mol. The largest absolute Gasteiger partial charge is 0.481 e. The number of carbonyl (C=O) groups is 3. The van der Waals surface area contributed by atoms with Gasteiger partial charge in [-0.3, -0.25) is 14.4 Å². The molecule has 1 aliphatic rings. The topological polar surface area (TPSA) is 86.7 Å². The third kappa shape index (κ3) is 5.59. The monoisotopic (exact) mass is 346 g/mol. The number of likely N-dealkylation sites (tertiary alicyclic amines) is 1. The molecule has 6 heteroatoms. The highest BCUT2D eigenvalue weighted by molar-refractivity contribution is 5.94. The van der Waals surface area contributed by atoms with E-state index in [-0.39, 0.29) is 30.2 Å². The highest BCUT2D eigenvalue weighted by Gasteiger charge is 2.29. The van der Waals surface area contributed by atoms with E-state index in [1.807, 2.05) is 31.2 Å². The van der Waals surface area contributed by atoms with E-state index in [0.717, 1.165) is 18.4 Å². The van der Waals surface area contributed by atoms with Crippen LogP contribution in [0.2, 0.25) is 0 Å². The van der Waals surface area contributed by atoms with Gasteiger partial charge in [-0.2, -0.15) is 0 Å². The third-order valence-corrected chi connectivity index (χ3v) is 4.56. The van der Waals surface area contributed by atoms with Crippen LogP contribution in [0.4, 0.5) is 0 Å². The van der Waals surface area contributed by atoms with Crippen LogP contribution in [0.15, 0.2) is 24.3 Å². The minimum atomic E-state index is -0.867. The van der Waals surface area contributed by atoms with Crippen molar-refractivity contribution in [3.05, 3.63) is 35.4 Å². The quantitative estimate of drug-likeness (QED) is 0.827. The van der Waals surface area contributed by atoms with Gasteiger partial charge >= 0.3 is 5.97 Å². The van der Waals surface area contributed by atoms with E-state index >= 15 is 0 Å². The van der Waals surface area contributed by atoms with Crippen LogP contribution in [0.5, 0.6) is 0 Å². The van der Waals surface area contributed by atoms with Crippen molar-refractivity contribution in [2.24, 2.45) is 5.92 Å². The molecule has 0 aliphatic carbocycles. The number of carboxylic acids is 1. The first kappa shape index (κ1) is 19.0. The van der Waals surface area contributed by atoms with Crippen LogP contribution in [0.3, 0.4) is 0 Å². The van der Waals surface area contributed by atoms with E-state index in [4.69, 9.17) is 5.11 Å². The summed E-state index contributed by atoms with van der Waals surface area (Å²) in [6.07, 6.45) is 1.97. The summed E-state index contributed by atoms with van der Waals surface area (Å²) in [6.45, 7) is 4.84. The summed E-state index contributed by atoms with van der Waals surface area (Å²) < 4.78 is 0. The van der Waals surface area contributed by atoms with E-state index in [1.54, 1.807) is 11.8 Å². The lowest BCUT2D eigenvalue weighted by Gasteiger charge is -2.32. The maximum Gasteiger partial charge on any atom is 0.303 e. The molecule has 25 heavy (non-hydrogen) atoms. The smallest absolute Gasteiger partial charge is 0.303 e. The number of aliphatic carboxylic acids is 1. The van der Waals surface area contributed by atoms with Crippen molar-refractivity contribution in [3.63, 3.8) is 0 Å². The Morgan fingerprint density at radius 2 is 1.96 bits per heavy atom. The highest BCUT2D eigenvalue weighted by Crippen LogP contribution is 2.19. The van der Waals surface area contributed by atoms with Gasteiger partial charge in [0.2, 0.25) is 5.91 Å². The van der Waals surface area contributed by atoms with Crippen LogP contribution in [-0.2, 0) is 9.59 Å². The first-order chi connectivity index (χ1) is 11.9. The van der Waals surface area contributed by atoms with Crippen LogP contribution >= 0.6 is 0 Å². The van der Waals surface area contributed by atoms with Crippen molar-refractivity contribution in [3.8, 4) is 0 Å². The molecule has 0 saturated carbocycles. The molecule has 2 rings (SSSR count). The van der Waals surface area contributed by atoms with Crippen molar-refractivity contribution >= 4 is 17.8 Å². The summed E-state index contributed by atoms with van der Waals surface area (Å²) in [5.41, 5.74) is 1.74. The van der Waals surface area contributed by atoms with Crippen LogP contribution in [0, 0.1) is 12.8 Å². The lowest BCUT2D eigenvalue weighted by Crippen LogP contribution is -2.47. The van der Waals surface area contributed by atoms with Crippen molar-refractivity contribution in [1.82, 2.24) is 10.2 Å². The molecule has 1 fully saturated rings. The summed E-state index contributed by atoms with van der Waals surface area (Å²) in [7, 11) is 0. The Labute approximate surface area is 148 Å². The summed E-state index contributed by atoms with van der Waals surface area (Å²) >= 11 is 0. The zero-order valence-electron chi connectivity index (χ0n) is 14.8. The molecule has 1 heterocycles. The Hall–Kier alpha value is -2.37. The van der Waals surface area contributed by atoms with Gasteiger partial charge in [0, 0.05) is 31.1 Å². The first-order valence-electron chi connectivity index (χ1n) is 8.75. The molecule has 1 saturated heterocycles. The maximum atomic E-state index is 12.6. The van der Waals surface area contributed by atoms with Gasteiger partial charge in [0.05, 0.1) is 5.92 Å². The number of carbonyl (C=O) groups excluding carboxylic acids is 2. The molecule has 2 unspecified atom stereocenters. The molecule has 0 radical (unpaired) electrons. The predicted octanol–water partition coefficient (Wildman–Crippen LogP) is 2.22. The van der Waals surface area contributed by atoms with Crippen molar-refractivity contribution in [2.45, 2.75) is 45.6 Å². The van der Waals surface area contributed by atoms with E-state index in [1.165, 1.54) is 0 Å². The van der Waals surface area contributed by atoms with Gasteiger partial charge in [0.25, 0.3) is 5.91 Å². The Kier molecular flexibility index (Phi) is 6.56. The number of benzene rings is 1. The number of hydrogen-bond donors (Lipinski definition) is 2. The fourth-order valence-electron chi connectivity index (χ4n) is 3.03. The minimum Gasteiger partial charge on any atom is -0.481 e. The Morgan fingerprint density at radius 1 is 1.28 bits per heavy atom. The second-order valence-electron chi connectivity index (χ2n) is 6.80. The van der Waals surface area contributed by atoms with Crippen LogP contribution < -0.4 is 5.32 Å². The second-order valence-corrected chi connectivity index (χ2v) is 6.80. The number of hydrogen-bond acceptors (Lipinski definition) is 3. The van der Waals surface area contributed by atoms with Gasteiger partial charge < -0.3 is 15.3 Å². The summed E-state index contributed by atoms with van der Waals surface area (Å²) in [5, 5.41) is 11.6. The molecule has 2 amide bonds. The van der Waals surface area contributed by atoms with Gasteiger partial charge in [0.1, 0.15) is 0 Å². The maximum absolute atomic E-state index is 12.6. The summed E-state index contributed by atoms with van der Waals surface area (Å²) in [6, 6.07) is 7.26. The molecular formula is C19H26N2O4. The molecule has 2 N–H and O–H groups in total. The van der Waals surface area contributed by atoms with Crippen molar-refractivity contribution in [1.29, 1.82) is 0 Å². The fraction of sp³-hybridized carbons (Fsp3) is 0.526. The molecule has 1 aromatic rings. The lowest BCUT2D eigenvalue weighted by atomic mass is 9.96. The molecule has 1 aromatic carbocycles. The van der Waals surface area contributed by atoms with E-state index in [0.29, 0.717) is 25.1 Å². The minimum absolute atomic E-state index is 0.0319. The lowest BCUT2D eigenvalue weighted by molar-refractivity contribution is -0.137. The summed E-state index contributed by atoms with van der Waals surface area (Å²) in [4.78, 5) is 37.4. The molecule has 0 bridgehead atoms. The van der Waals surface area contributed by atoms with Crippen LogP contribution in [0.25, 0.3) is 0 Å². The number of piperidine rings is 1.